The molecule has 2 aliphatic rings. The molecule has 0 unspecified atom stereocenters. The molecule has 1 amide bonds. The Hall–Kier alpha value is -2.60. The number of hydrogen-bond donors (Lipinski definition) is 1. The van der Waals surface area contributed by atoms with Crippen LogP contribution in [0.1, 0.15) is 66.6 Å². The van der Waals surface area contributed by atoms with Crippen LogP contribution >= 0.6 is 23.2 Å². The fourth-order valence-electron chi connectivity index (χ4n) is 5.02. The molecule has 0 spiro atoms. The molecule has 2 aromatic carbocycles. The van der Waals surface area contributed by atoms with Gasteiger partial charge in [-0.25, -0.2) is 9.69 Å². The van der Waals surface area contributed by atoms with Crippen molar-refractivity contribution in [1.29, 1.82) is 0 Å². The van der Waals surface area contributed by atoms with E-state index in [-0.39, 0.29) is 5.91 Å². The number of hydrazine groups is 1. The third kappa shape index (κ3) is 5.18. The minimum Gasteiger partial charge on any atom is -0.283 e. The molecule has 1 saturated heterocycles. The molecule has 5 nitrogen and oxygen atoms in total. The second-order valence-corrected chi connectivity index (χ2v) is 10.2. The van der Waals surface area contributed by atoms with Crippen molar-refractivity contribution in [3.8, 4) is 16.9 Å². The molecule has 3 aromatic rings. The number of amides is 1. The van der Waals surface area contributed by atoms with E-state index >= 15 is 0 Å². The van der Waals surface area contributed by atoms with Gasteiger partial charge in [0.05, 0.1) is 16.4 Å². The summed E-state index contributed by atoms with van der Waals surface area (Å²) in [5.74, 6) is -0.196. The largest absolute Gasteiger partial charge is 0.286 e. The van der Waals surface area contributed by atoms with Gasteiger partial charge in [0.15, 0.2) is 5.69 Å². The molecule has 35 heavy (non-hydrogen) atoms. The van der Waals surface area contributed by atoms with Gasteiger partial charge >= 0.3 is 0 Å². The van der Waals surface area contributed by atoms with Gasteiger partial charge < -0.3 is 0 Å². The Morgan fingerprint density at radius 2 is 1.69 bits per heavy atom. The summed E-state index contributed by atoms with van der Waals surface area (Å²) in [6.45, 7) is 3.67. The number of aromatic nitrogens is 2. The van der Waals surface area contributed by atoms with Crippen molar-refractivity contribution >= 4 is 34.7 Å². The summed E-state index contributed by atoms with van der Waals surface area (Å²) in [6, 6.07) is 13.9. The van der Waals surface area contributed by atoms with E-state index in [2.05, 4.69) is 35.8 Å². The summed E-state index contributed by atoms with van der Waals surface area (Å²) in [6.07, 6.45) is 10.5. The Morgan fingerprint density at radius 1 is 0.943 bits per heavy atom. The Kier molecular flexibility index (Phi) is 7.28. The molecule has 182 valence electrons. The first-order chi connectivity index (χ1) is 17.0. The predicted molar refractivity (Wildman–Crippen MR) is 143 cm³/mol. The minimum absolute atomic E-state index is 0.196. The van der Waals surface area contributed by atoms with Gasteiger partial charge in [-0.15, -0.1) is 0 Å². The number of allylic oxidation sites excluding steroid dienone is 2. The van der Waals surface area contributed by atoms with E-state index < -0.39 is 0 Å². The van der Waals surface area contributed by atoms with E-state index in [9.17, 15) is 4.79 Å². The molecule has 1 aliphatic heterocycles. The number of nitrogens with one attached hydrogen (secondary N) is 1. The molecule has 0 saturated carbocycles. The number of benzene rings is 2. The zero-order chi connectivity index (χ0) is 24.4. The zero-order valence-corrected chi connectivity index (χ0v) is 21.5. The van der Waals surface area contributed by atoms with E-state index in [4.69, 9.17) is 28.3 Å². The number of nitrogens with zero attached hydrogens (tertiary/aromatic N) is 3. The third-order valence-corrected chi connectivity index (χ3v) is 7.45. The summed E-state index contributed by atoms with van der Waals surface area (Å²) < 4.78 is 1.77. The van der Waals surface area contributed by atoms with Crippen molar-refractivity contribution in [2.75, 3.05) is 13.1 Å². The van der Waals surface area contributed by atoms with Gasteiger partial charge in [0.1, 0.15) is 0 Å². The zero-order valence-electron chi connectivity index (χ0n) is 20.0. The Balaban J connectivity index is 1.55. The molecule has 1 N–H and O–H groups in total. The maximum absolute atomic E-state index is 13.3. The van der Waals surface area contributed by atoms with Crippen LogP contribution in [0.4, 0.5) is 0 Å². The highest BCUT2D eigenvalue weighted by atomic mass is 35.5. The smallest absolute Gasteiger partial charge is 0.283 e. The molecule has 2 heterocycles. The van der Waals surface area contributed by atoms with Crippen LogP contribution in [0.3, 0.4) is 0 Å². The van der Waals surface area contributed by atoms with Gasteiger partial charge in [0.25, 0.3) is 5.91 Å². The highest BCUT2D eigenvalue weighted by Gasteiger charge is 2.25. The molecule has 7 heteroatoms. The SMILES string of the molecule is Cc1c(C(=O)NN2CCCCC2)nn(-c2ccc(Cl)cc2Cl)c1-c1ccc(C2=CCCCC2)cc1. The van der Waals surface area contributed by atoms with Gasteiger partial charge in [-0.3, -0.25) is 10.2 Å². The van der Waals surface area contributed by atoms with Crippen molar-refractivity contribution in [3.05, 3.63) is 75.4 Å². The summed E-state index contributed by atoms with van der Waals surface area (Å²) in [5, 5.41) is 7.79. The first kappa shape index (κ1) is 24.1. The van der Waals surface area contributed by atoms with E-state index in [1.807, 2.05) is 18.0 Å². The number of halogens is 2. The lowest BCUT2D eigenvalue weighted by atomic mass is 9.93. The Bertz CT molecular complexity index is 1260. The number of piperidine rings is 1. The lowest BCUT2D eigenvalue weighted by Crippen LogP contribution is -2.45. The highest BCUT2D eigenvalue weighted by molar-refractivity contribution is 6.35. The van der Waals surface area contributed by atoms with Gasteiger partial charge in [0.2, 0.25) is 0 Å². The van der Waals surface area contributed by atoms with Crippen molar-refractivity contribution < 1.29 is 4.79 Å². The fraction of sp³-hybridized carbons (Fsp3) is 0.357. The maximum atomic E-state index is 13.3. The Morgan fingerprint density at radius 3 is 2.37 bits per heavy atom. The monoisotopic (exact) mass is 508 g/mol. The van der Waals surface area contributed by atoms with Crippen LogP contribution in [0.2, 0.25) is 10.0 Å². The van der Waals surface area contributed by atoms with Crippen molar-refractivity contribution in [1.82, 2.24) is 20.2 Å². The Labute approximate surface area is 216 Å². The van der Waals surface area contributed by atoms with Crippen LogP contribution in [0.25, 0.3) is 22.5 Å². The highest BCUT2D eigenvalue weighted by Crippen LogP contribution is 2.34. The molecule has 0 atom stereocenters. The molecule has 0 bridgehead atoms. The average molecular weight is 509 g/mol. The van der Waals surface area contributed by atoms with Crippen LogP contribution in [-0.2, 0) is 0 Å². The topological polar surface area (TPSA) is 50.2 Å². The second kappa shape index (κ2) is 10.6. The van der Waals surface area contributed by atoms with Gasteiger partial charge in [-0.05, 0) is 74.8 Å². The summed E-state index contributed by atoms with van der Waals surface area (Å²) >= 11 is 12.7. The second-order valence-electron chi connectivity index (χ2n) is 9.37. The summed E-state index contributed by atoms with van der Waals surface area (Å²) in [4.78, 5) is 13.3. The normalized spacial score (nSPS) is 16.7. The molecule has 1 fully saturated rings. The van der Waals surface area contributed by atoms with Crippen molar-refractivity contribution in [2.45, 2.75) is 51.9 Å². The summed E-state index contributed by atoms with van der Waals surface area (Å²) in [5.41, 5.74) is 9.45. The lowest BCUT2D eigenvalue weighted by molar-refractivity contribution is 0.0743. The van der Waals surface area contributed by atoms with Crippen LogP contribution in [0, 0.1) is 6.92 Å². The third-order valence-electron chi connectivity index (χ3n) is 6.91. The number of hydrogen-bond acceptors (Lipinski definition) is 3. The number of rotatable bonds is 5. The number of carbonyl (C=O) groups excluding carboxylic acids is 1. The van der Waals surface area contributed by atoms with Crippen LogP contribution in [0.15, 0.2) is 48.5 Å². The molecule has 1 aliphatic carbocycles. The summed E-state index contributed by atoms with van der Waals surface area (Å²) in [7, 11) is 0. The molecule has 1 aromatic heterocycles. The van der Waals surface area contributed by atoms with Crippen LogP contribution in [0.5, 0.6) is 0 Å². The van der Waals surface area contributed by atoms with E-state index in [0.717, 1.165) is 55.6 Å². The van der Waals surface area contributed by atoms with E-state index in [1.54, 1.807) is 16.8 Å². The van der Waals surface area contributed by atoms with E-state index in [0.29, 0.717) is 21.4 Å². The van der Waals surface area contributed by atoms with Crippen LogP contribution < -0.4 is 5.43 Å². The number of carbonyl (C=O) groups is 1. The molecule has 5 rings (SSSR count). The van der Waals surface area contributed by atoms with Gasteiger partial charge in [-0.2, -0.15) is 5.10 Å². The van der Waals surface area contributed by atoms with Gasteiger partial charge in [0, 0.05) is 29.2 Å². The lowest BCUT2D eigenvalue weighted by Gasteiger charge is -2.26. The maximum Gasteiger partial charge on any atom is 0.286 e. The van der Waals surface area contributed by atoms with Crippen molar-refractivity contribution in [2.24, 2.45) is 0 Å². The van der Waals surface area contributed by atoms with Gasteiger partial charge in [-0.1, -0.05) is 60.0 Å². The van der Waals surface area contributed by atoms with E-state index in [1.165, 1.54) is 30.4 Å². The first-order valence-electron chi connectivity index (χ1n) is 12.4. The molecular weight excluding hydrogens is 479 g/mol. The fourth-order valence-corrected chi connectivity index (χ4v) is 5.51. The van der Waals surface area contributed by atoms with Crippen molar-refractivity contribution in [3.63, 3.8) is 0 Å². The molecule has 0 radical (unpaired) electrons. The average Bonchev–Trinajstić information content (AvgIpc) is 3.22. The quantitative estimate of drug-likeness (QED) is 0.394. The minimum atomic E-state index is -0.196. The predicted octanol–water partition coefficient (Wildman–Crippen LogP) is 7.24. The first-order valence-corrected chi connectivity index (χ1v) is 13.2. The molecular formula is C28H30Cl2N4O. The standard InChI is InChI=1S/C28H30Cl2N4O/c1-19-26(28(35)32-33-16-6-3-7-17-33)31-34(25-15-14-23(29)18-24(25)30)27(19)22-12-10-21(11-13-22)20-8-4-2-5-9-20/h8,10-15,18H,2-7,9,16-17H2,1H3,(H,32,35). The van der Waals surface area contributed by atoms with Crippen LogP contribution in [-0.4, -0.2) is 33.8 Å².